The van der Waals surface area contributed by atoms with E-state index in [1.807, 2.05) is 65.0 Å². The topological polar surface area (TPSA) is 194 Å². The Bertz CT molecular complexity index is 3350. The Labute approximate surface area is 469 Å². The molecule has 5 heterocycles. The number of aromatic nitrogens is 1. The molecular weight excluding hydrogens is 1030 g/mol. The van der Waals surface area contributed by atoms with Gasteiger partial charge >= 0.3 is 5.97 Å². The van der Waals surface area contributed by atoms with E-state index in [4.69, 9.17) is 14.2 Å². The van der Waals surface area contributed by atoms with Crippen LogP contribution >= 0.6 is 21.6 Å². The standard InChI is InChI=1S/C65H76N2O10S2/c1-66-49-32-79-78-31-44-39-13-10-36-25-37-16-21-61(63(37,51(36)39)45-14-12-38(69)27-41(44)45)54(70)43(49)28-42-46-29-62(59(17-4-5-18-59)22-23-60(62)19-6-7-20-60)58(72)65(74)64(46,73)56(76-55(42)61)53(77-65)57(71)75-52-48(30-68)67-47-15-11-35-24-33-8-2-3-9-34(33)26-40(35)50(47)52/h2-3,8-9,11-12,14-15,24,26-27,36-37,39,42-44,46,49,51,53-56,58,66-70,72-74H,4-7,10,13,16-23,25,28-32H2,1H3/t36-,37+,39+,42+,43+,44+,46+,49+,51+,53-,54+,55-,56+,58-,61-,63+,64-,65+/m1/s1. The number of fused-ring (bicyclic) bond motifs is 12. The normalized spacial score (nSPS) is 44.1. The van der Waals surface area contributed by atoms with Gasteiger partial charge in [0.25, 0.3) is 0 Å². The Morgan fingerprint density at radius 2 is 1.56 bits per heavy atom. The fourth-order valence-corrected chi connectivity index (χ4v) is 26.6. The van der Waals surface area contributed by atoms with Gasteiger partial charge in [0, 0.05) is 45.6 Å². The highest BCUT2D eigenvalue weighted by Gasteiger charge is 2.89. The third kappa shape index (κ3) is 5.79. The number of phenols is 1. The smallest absolute Gasteiger partial charge is 0.343 e. The molecule has 79 heavy (non-hydrogen) atoms. The quantitative estimate of drug-likeness (QED) is 0.0482. The van der Waals surface area contributed by atoms with Crippen LogP contribution in [-0.4, -0.2) is 108 Å². The van der Waals surface area contributed by atoms with Crippen molar-refractivity contribution in [2.75, 3.05) is 18.6 Å². The van der Waals surface area contributed by atoms with E-state index in [1.165, 1.54) is 11.1 Å². The van der Waals surface area contributed by atoms with Gasteiger partial charge in [0.15, 0.2) is 17.5 Å². The molecule has 8 saturated carbocycles. The molecule has 418 valence electrons. The first kappa shape index (κ1) is 50.1. The van der Waals surface area contributed by atoms with Crippen molar-refractivity contribution in [2.24, 2.45) is 63.1 Å². The highest BCUT2D eigenvalue weighted by molar-refractivity contribution is 8.76. The van der Waals surface area contributed by atoms with Gasteiger partial charge in [0.1, 0.15) is 18.0 Å². The molecule has 14 heteroatoms. The van der Waals surface area contributed by atoms with Crippen LogP contribution in [0.1, 0.15) is 132 Å². The average molecular weight is 1110 g/mol. The van der Waals surface area contributed by atoms with Crippen molar-refractivity contribution in [3.05, 3.63) is 83.6 Å². The van der Waals surface area contributed by atoms with Gasteiger partial charge < -0.3 is 55.2 Å². The molecule has 18 atom stereocenters. The van der Waals surface area contributed by atoms with E-state index in [2.05, 4.69) is 40.6 Å². The maximum absolute atomic E-state index is 16.0. The SMILES string of the molecule is CN[C@H]1CSSC[C@@H]2c3cc(O)ccc3[C@]34[C@@H](CC[C@@]35[C@@H]3O[C@H]6[C@H](C(=O)Oc7c(CO)[nH]c8ccc9cc%10ccccc%10cc9c78)O[C@@]7(O)[C@H](O)C8(C[C@@H]([C@@H]3C[C@@H]1[C@@H]5O)[C@@]67O)C1(CCCC1)CCC81CCCC1)C[C@H]1CC[C@@H]2[C@H]14. The summed E-state index contributed by atoms with van der Waals surface area (Å²) in [6, 6.07) is 22.4. The Morgan fingerprint density at radius 1 is 0.810 bits per heavy atom. The zero-order valence-electron chi connectivity index (χ0n) is 45.2. The number of carbonyl (C=O) groups is 1. The number of carbonyl (C=O) groups excluding carboxylic acids is 1. The third-order valence-electron chi connectivity index (χ3n) is 26.2. The van der Waals surface area contributed by atoms with Crippen LogP contribution in [0.4, 0.5) is 0 Å². The minimum atomic E-state index is -2.63. The third-order valence-corrected chi connectivity index (χ3v) is 28.7. The number of aromatic amines is 1. The molecule has 0 amide bonds. The summed E-state index contributed by atoms with van der Waals surface area (Å²) in [6.07, 6.45) is 9.44. The first-order valence-corrected chi connectivity index (χ1v) is 33.0. The Morgan fingerprint density at radius 3 is 2.30 bits per heavy atom. The second kappa shape index (κ2) is 16.9. The molecule has 9 aliphatic carbocycles. The fourth-order valence-electron chi connectivity index (χ4n) is 23.8. The van der Waals surface area contributed by atoms with Crippen molar-refractivity contribution in [3.8, 4) is 11.5 Å². The van der Waals surface area contributed by atoms with Crippen molar-refractivity contribution in [1.29, 1.82) is 0 Å². The van der Waals surface area contributed by atoms with E-state index in [1.54, 1.807) is 0 Å². The number of aliphatic hydroxyl groups excluding tert-OH is 3. The van der Waals surface area contributed by atoms with E-state index in [0.717, 1.165) is 123 Å². The summed E-state index contributed by atoms with van der Waals surface area (Å²) in [4.78, 5) is 19.4. The van der Waals surface area contributed by atoms with E-state index < -0.39 is 76.6 Å². The van der Waals surface area contributed by atoms with Crippen molar-refractivity contribution in [3.63, 3.8) is 0 Å². The number of benzene rings is 4. The molecule has 3 saturated heterocycles. The highest BCUT2D eigenvalue weighted by Crippen LogP contribution is 2.84. The van der Waals surface area contributed by atoms with Gasteiger partial charge in [-0.15, -0.1) is 0 Å². The maximum atomic E-state index is 16.0. The number of hydrogen-bond acceptors (Lipinski definition) is 13. The minimum absolute atomic E-state index is 0.0775. The molecule has 4 aromatic carbocycles. The summed E-state index contributed by atoms with van der Waals surface area (Å²) in [5.74, 6) is -1.13. The van der Waals surface area contributed by atoms with Crippen LogP contribution in [0.3, 0.4) is 0 Å². The van der Waals surface area contributed by atoms with Gasteiger partial charge in [-0.25, -0.2) is 4.79 Å². The van der Waals surface area contributed by atoms with E-state index in [-0.39, 0.29) is 58.0 Å². The summed E-state index contributed by atoms with van der Waals surface area (Å²) < 4.78 is 21.8. The lowest BCUT2D eigenvalue weighted by Gasteiger charge is -2.72. The number of H-pyrrole nitrogens is 1. The molecule has 0 unspecified atom stereocenters. The lowest BCUT2D eigenvalue weighted by molar-refractivity contribution is -0.409. The lowest BCUT2D eigenvalue weighted by Crippen LogP contribution is -2.82. The van der Waals surface area contributed by atoms with E-state index in [0.29, 0.717) is 47.7 Å². The fraction of sp³-hybridized carbons (Fsp3) is 0.646. The van der Waals surface area contributed by atoms with Crippen LogP contribution < -0.4 is 10.1 Å². The van der Waals surface area contributed by atoms with Gasteiger partial charge in [-0.3, -0.25) is 0 Å². The number of nitrogens with one attached hydrogen (secondary N) is 2. The molecule has 18 rings (SSSR count). The Kier molecular flexibility index (Phi) is 10.7. The second-order valence-corrected chi connectivity index (χ2v) is 30.4. The summed E-state index contributed by atoms with van der Waals surface area (Å²) in [5, 5.41) is 88.0. The van der Waals surface area contributed by atoms with Crippen molar-refractivity contribution in [1.82, 2.24) is 10.3 Å². The highest BCUT2D eigenvalue weighted by atomic mass is 33.1. The maximum Gasteiger partial charge on any atom is 0.343 e. The van der Waals surface area contributed by atoms with Gasteiger partial charge in [-0.05, 0) is 200 Å². The molecule has 0 radical (unpaired) electrons. The number of aliphatic hydroxyl groups is 5. The van der Waals surface area contributed by atoms with Crippen LogP contribution in [0, 0.1) is 63.1 Å². The number of rotatable bonds is 4. The summed E-state index contributed by atoms with van der Waals surface area (Å²) in [5.41, 5.74) is -1.71. The van der Waals surface area contributed by atoms with Crippen LogP contribution in [0.5, 0.6) is 11.5 Å². The molecular formula is C65H76N2O10S2. The molecule has 1 aromatic heterocycles. The predicted octanol–water partition coefficient (Wildman–Crippen LogP) is 9.90. The van der Waals surface area contributed by atoms with E-state index in [9.17, 15) is 30.6 Å². The lowest BCUT2D eigenvalue weighted by atomic mass is 9.37. The molecule has 5 spiro atoms. The second-order valence-electron chi connectivity index (χ2n) is 27.9. The van der Waals surface area contributed by atoms with E-state index >= 15 is 4.79 Å². The molecule has 13 aliphatic rings. The summed E-state index contributed by atoms with van der Waals surface area (Å²) >= 11 is 0. The number of ether oxygens (including phenoxy) is 3. The van der Waals surface area contributed by atoms with Crippen LogP contribution in [0.25, 0.3) is 32.4 Å². The van der Waals surface area contributed by atoms with Crippen molar-refractivity contribution >= 4 is 60.0 Å². The number of hydrogen-bond donors (Lipinski definition) is 8. The summed E-state index contributed by atoms with van der Waals surface area (Å²) in [6.45, 7) is -0.457. The molecule has 4 aliphatic heterocycles. The zero-order chi connectivity index (χ0) is 53.4. The van der Waals surface area contributed by atoms with Crippen LogP contribution in [0.15, 0.2) is 66.7 Å². The first-order valence-electron chi connectivity index (χ1n) is 30.5. The molecule has 12 nitrogen and oxygen atoms in total. The number of phenolic OH excluding ortho intramolecular Hbond substituents is 1. The van der Waals surface area contributed by atoms with Gasteiger partial charge in [-0.1, -0.05) is 83.7 Å². The minimum Gasteiger partial charge on any atom is -0.508 e. The molecule has 8 N–H and O–H groups in total. The molecule has 11 fully saturated rings. The Balaban J connectivity index is 0.896. The summed E-state index contributed by atoms with van der Waals surface area (Å²) in [7, 11) is 5.84. The Hall–Kier alpha value is -3.41. The van der Waals surface area contributed by atoms with Crippen molar-refractivity contribution in [2.45, 2.75) is 175 Å². The largest absolute Gasteiger partial charge is 0.508 e. The number of esters is 1. The van der Waals surface area contributed by atoms with Crippen LogP contribution in [-0.2, 0) is 26.3 Å². The van der Waals surface area contributed by atoms with Crippen LogP contribution in [0.2, 0.25) is 0 Å². The average Bonchev–Trinajstić information content (AvgIpc) is 3.10. The molecule has 4 bridgehead atoms. The van der Waals surface area contributed by atoms with Crippen molar-refractivity contribution < 1.29 is 49.6 Å². The zero-order valence-corrected chi connectivity index (χ0v) is 46.8. The van der Waals surface area contributed by atoms with Gasteiger partial charge in [-0.2, -0.15) is 0 Å². The van der Waals surface area contributed by atoms with Gasteiger partial charge in [0.05, 0.1) is 35.4 Å². The predicted molar refractivity (Wildman–Crippen MR) is 303 cm³/mol. The monoisotopic (exact) mass is 1110 g/mol. The first-order chi connectivity index (χ1) is 38.3. The number of aromatic hydroxyl groups is 1. The molecule has 5 aromatic rings. The van der Waals surface area contributed by atoms with Gasteiger partial charge in [0.2, 0.25) is 5.79 Å².